The SMILES string of the molecule is Cn1cc(CCCSc2nnc(N3CCOCC3)n2-c2ccccc2)cn1. The minimum Gasteiger partial charge on any atom is -0.378 e. The predicted molar refractivity (Wildman–Crippen MR) is 107 cm³/mol. The molecule has 7 nitrogen and oxygen atoms in total. The van der Waals surface area contributed by atoms with Crippen molar-refractivity contribution in [1.82, 2.24) is 24.5 Å². The molecule has 0 bridgehead atoms. The van der Waals surface area contributed by atoms with Crippen LogP contribution in [0.15, 0.2) is 47.9 Å². The number of aromatic nitrogens is 5. The van der Waals surface area contributed by atoms with Gasteiger partial charge in [0.05, 0.1) is 25.1 Å². The second-order valence-electron chi connectivity index (χ2n) is 6.53. The molecule has 3 aromatic rings. The third-order valence-electron chi connectivity index (χ3n) is 4.52. The van der Waals surface area contributed by atoms with Crippen molar-refractivity contribution in [2.75, 3.05) is 37.0 Å². The number of benzene rings is 1. The second kappa shape index (κ2) is 8.58. The zero-order chi connectivity index (χ0) is 18.5. The van der Waals surface area contributed by atoms with Gasteiger partial charge in [-0.15, -0.1) is 10.2 Å². The second-order valence-corrected chi connectivity index (χ2v) is 7.59. The summed E-state index contributed by atoms with van der Waals surface area (Å²) >= 11 is 1.76. The molecule has 0 unspecified atom stereocenters. The van der Waals surface area contributed by atoms with Crippen LogP contribution in [0.4, 0.5) is 5.95 Å². The van der Waals surface area contributed by atoms with E-state index in [0.717, 1.165) is 61.7 Å². The van der Waals surface area contributed by atoms with Gasteiger partial charge in [-0.05, 0) is 30.5 Å². The number of ether oxygens (including phenoxy) is 1. The molecule has 8 heteroatoms. The predicted octanol–water partition coefficient (Wildman–Crippen LogP) is 2.56. The minimum absolute atomic E-state index is 0.731. The zero-order valence-electron chi connectivity index (χ0n) is 15.5. The van der Waals surface area contributed by atoms with Gasteiger partial charge in [0.2, 0.25) is 5.95 Å². The van der Waals surface area contributed by atoms with Crippen LogP contribution in [-0.4, -0.2) is 56.6 Å². The maximum Gasteiger partial charge on any atom is 0.232 e. The molecule has 0 atom stereocenters. The molecule has 142 valence electrons. The van der Waals surface area contributed by atoms with E-state index in [2.05, 4.69) is 55.2 Å². The molecule has 1 saturated heterocycles. The van der Waals surface area contributed by atoms with E-state index in [4.69, 9.17) is 4.74 Å². The largest absolute Gasteiger partial charge is 0.378 e. The lowest BCUT2D eigenvalue weighted by atomic mass is 10.2. The molecule has 3 heterocycles. The van der Waals surface area contributed by atoms with Crippen LogP contribution in [-0.2, 0) is 18.2 Å². The highest BCUT2D eigenvalue weighted by atomic mass is 32.2. The summed E-state index contributed by atoms with van der Waals surface area (Å²) in [5.41, 5.74) is 2.37. The maximum absolute atomic E-state index is 5.49. The Morgan fingerprint density at radius 1 is 1.11 bits per heavy atom. The Labute approximate surface area is 163 Å². The van der Waals surface area contributed by atoms with Gasteiger partial charge in [0, 0.05) is 32.1 Å². The Morgan fingerprint density at radius 3 is 2.67 bits per heavy atom. The van der Waals surface area contributed by atoms with Gasteiger partial charge < -0.3 is 9.64 Å². The van der Waals surface area contributed by atoms with Crippen LogP contribution in [0.25, 0.3) is 5.69 Å². The van der Waals surface area contributed by atoms with E-state index in [9.17, 15) is 0 Å². The van der Waals surface area contributed by atoms with Gasteiger partial charge in [-0.1, -0.05) is 30.0 Å². The summed E-state index contributed by atoms with van der Waals surface area (Å²) in [4.78, 5) is 2.25. The zero-order valence-corrected chi connectivity index (χ0v) is 16.3. The van der Waals surface area contributed by atoms with E-state index in [1.807, 2.05) is 24.0 Å². The number of nitrogens with zero attached hydrogens (tertiary/aromatic N) is 6. The number of hydrogen-bond donors (Lipinski definition) is 0. The fraction of sp³-hybridized carbons (Fsp3) is 0.421. The molecular formula is C19H24N6OS. The molecule has 0 spiro atoms. The van der Waals surface area contributed by atoms with Crippen molar-refractivity contribution in [2.24, 2.45) is 7.05 Å². The topological polar surface area (TPSA) is 61.0 Å². The maximum atomic E-state index is 5.49. The molecule has 0 amide bonds. The molecule has 1 fully saturated rings. The van der Waals surface area contributed by atoms with Crippen LogP contribution in [0.5, 0.6) is 0 Å². The normalized spacial score (nSPS) is 14.6. The van der Waals surface area contributed by atoms with Crippen LogP contribution in [0.1, 0.15) is 12.0 Å². The van der Waals surface area contributed by atoms with Crippen LogP contribution in [0, 0.1) is 0 Å². The first-order valence-electron chi connectivity index (χ1n) is 9.25. The van der Waals surface area contributed by atoms with Crippen molar-refractivity contribution >= 4 is 17.7 Å². The molecule has 0 aliphatic carbocycles. The molecule has 4 rings (SSSR count). The standard InChI is InChI=1S/C19H24N6OS/c1-23-15-16(14-20-23)6-5-13-27-19-22-21-18(24-9-11-26-12-10-24)25(19)17-7-3-2-4-8-17/h2-4,7-8,14-15H,5-6,9-13H2,1H3. The van der Waals surface area contributed by atoms with E-state index >= 15 is 0 Å². The molecule has 0 saturated carbocycles. The van der Waals surface area contributed by atoms with Gasteiger partial charge in [0.1, 0.15) is 0 Å². The Hall–Kier alpha value is -2.32. The first-order chi connectivity index (χ1) is 13.3. The first-order valence-corrected chi connectivity index (χ1v) is 10.2. The van der Waals surface area contributed by atoms with Gasteiger partial charge in [-0.3, -0.25) is 9.25 Å². The van der Waals surface area contributed by atoms with Gasteiger partial charge in [0.25, 0.3) is 0 Å². The lowest BCUT2D eigenvalue weighted by molar-refractivity contribution is 0.122. The number of morpholine rings is 1. The van der Waals surface area contributed by atoms with Crippen LogP contribution < -0.4 is 4.90 Å². The quantitative estimate of drug-likeness (QED) is 0.461. The summed E-state index contributed by atoms with van der Waals surface area (Å²) in [5, 5.41) is 14.2. The fourth-order valence-electron chi connectivity index (χ4n) is 3.17. The number of rotatable bonds is 7. The monoisotopic (exact) mass is 384 g/mol. The third kappa shape index (κ3) is 4.33. The summed E-state index contributed by atoms with van der Waals surface area (Å²) in [6.07, 6.45) is 6.11. The molecule has 1 aromatic carbocycles. The summed E-state index contributed by atoms with van der Waals surface area (Å²) in [6, 6.07) is 10.3. The highest BCUT2D eigenvalue weighted by Gasteiger charge is 2.21. The molecule has 1 aliphatic heterocycles. The number of aryl methyl sites for hydroxylation is 2. The third-order valence-corrected chi connectivity index (χ3v) is 5.54. The van der Waals surface area contributed by atoms with Crippen molar-refractivity contribution in [1.29, 1.82) is 0 Å². The lowest BCUT2D eigenvalue weighted by Gasteiger charge is -2.27. The van der Waals surface area contributed by atoms with Crippen molar-refractivity contribution in [3.63, 3.8) is 0 Å². The van der Waals surface area contributed by atoms with Crippen LogP contribution in [0.3, 0.4) is 0 Å². The number of hydrogen-bond acceptors (Lipinski definition) is 6. The van der Waals surface area contributed by atoms with Gasteiger partial charge in [-0.25, -0.2) is 0 Å². The minimum atomic E-state index is 0.731. The van der Waals surface area contributed by atoms with Crippen molar-refractivity contribution in [3.8, 4) is 5.69 Å². The van der Waals surface area contributed by atoms with Gasteiger partial charge in [0.15, 0.2) is 5.16 Å². The van der Waals surface area contributed by atoms with E-state index in [0.29, 0.717) is 0 Å². The van der Waals surface area contributed by atoms with E-state index < -0.39 is 0 Å². The number of anilines is 1. The van der Waals surface area contributed by atoms with Crippen molar-refractivity contribution in [3.05, 3.63) is 48.3 Å². The molecule has 27 heavy (non-hydrogen) atoms. The number of thioether (sulfide) groups is 1. The van der Waals surface area contributed by atoms with Crippen LogP contribution >= 0.6 is 11.8 Å². The van der Waals surface area contributed by atoms with E-state index in [1.54, 1.807) is 11.8 Å². The van der Waals surface area contributed by atoms with Crippen molar-refractivity contribution < 1.29 is 4.74 Å². The number of para-hydroxylation sites is 1. The molecule has 0 radical (unpaired) electrons. The lowest BCUT2D eigenvalue weighted by Crippen LogP contribution is -2.37. The smallest absolute Gasteiger partial charge is 0.232 e. The average Bonchev–Trinajstić information content (AvgIpc) is 3.33. The van der Waals surface area contributed by atoms with Gasteiger partial charge in [-0.2, -0.15) is 5.10 Å². The molecule has 2 aromatic heterocycles. The molecular weight excluding hydrogens is 360 g/mol. The summed E-state index contributed by atoms with van der Waals surface area (Å²) in [5.74, 6) is 1.89. The van der Waals surface area contributed by atoms with Gasteiger partial charge >= 0.3 is 0 Å². The first kappa shape index (κ1) is 18.1. The Morgan fingerprint density at radius 2 is 1.93 bits per heavy atom. The Bertz CT molecular complexity index is 856. The fourth-order valence-corrected chi connectivity index (χ4v) is 4.05. The Balaban J connectivity index is 1.48. The highest BCUT2D eigenvalue weighted by molar-refractivity contribution is 7.99. The molecule has 0 N–H and O–H groups in total. The summed E-state index contributed by atoms with van der Waals surface area (Å²) < 4.78 is 9.50. The average molecular weight is 385 g/mol. The van der Waals surface area contributed by atoms with Crippen LogP contribution in [0.2, 0.25) is 0 Å². The highest BCUT2D eigenvalue weighted by Crippen LogP contribution is 2.27. The Kier molecular flexibility index (Phi) is 5.74. The summed E-state index contributed by atoms with van der Waals surface area (Å²) in [7, 11) is 1.95. The van der Waals surface area contributed by atoms with E-state index in [-0.39, 0.29) is 0 Å². The van der Waals surface area contributed by atoms with Crippen molar-refractivity contribution in [2.45, 2.75) is 18.0 Å². The summed E-state index contributed by atoms with van der Waals surface area (Å²) in [6.45, 7) is 3.15. The molecule has 1 aliphatic rings. The van der Waals surface area contributed by atoms with E-state index in [1.165, 1.54) is 5.56 Å².